The number of aryl methyl sites for hydroxylation is 1. The number of esters is 2. The molecule has 8 nitrogen and oxygen atoms in total. The van der Waals surface area contributed by atoms with E-state index in [9.17, 15) is 19.2 Å². The van der Waals surface area contributed by atoms with Crippen LogP contribution in [0.4, 0.5) is 0 Å². The third-order valence-electron chi connectivity index (χ3n) is 4.51. The number of rotatable bonds is 9. The number of ketones is 2. The van der Waals surface area contributed by atoms with Crippen LogP contribution in [-0.2, 0) is 20.8 Å². The number of hydrogen-bond acceptors (Lipinski definition) is 6. The molecule has 0 radical (unpaired) electrons. The Morgan fingerprint density at radius 3 is 2.46 bits per heavy atom. The van der Waals surface area contributed by atoms with E-state index in [1.807, 2.05) is 18.4 Å². The molecule has 2 aromatic rings. The highest BCUT2D eigenvalue weighted by Gasteiger charge is 2.19. The van der Waals surface area contributed by atoms with E-state index in [1.54, 1.807) is 6.07 Å². The third kappa shape index (κ3) is 4.97. The molecular formula is C20H24N2O6. The van der Waals surface area contributed by atoms with Crippen molar-refractivity contribution in [3.05, 3.63) is 46.5 Å². The fraction of sp³-hybridized carbons (Fsp3) is 0.400. The number of nitrogens with one attached hydrogen (secondary N) is 1. The van der Waals surface area contributed by atoms with Crippen LogP contribution in [0.3, 0.4) is 0 Å². The summed E-state index contributed by atoms with van der Waals surface area (Å²) >= 11 is 0. The quantitative estimate of drug-likeness (QED) is 0.523. The van der Waals surface area contributed by atoms with Gasteiger partial charge in [-0.1, -0.05) is 0 Å². The molecule has 0 aliphatic carbocycles. The van der Waals surface area contributed by atoms with Crippen LogP contribution in [0, 0.1) is 13.8 Å². The van der Waals surface area contributed by atoms with E-state index in [0.29, 0.717) is 30.5 Å². The average molecular weight is 388 g/mol. The molecule has 28 heavy (non-hydrogen) atoms. The summed E-state index contributed by atoms with van der Waals surface area (Å²) in [6.07, 6.45) is 2.31. The number of aromatic nitrogens is 2. The zero-order chi connectivity index (χ0) is 20.8. The lowest BCUT2D eigenvalue weighted by molar-refractivity contribution is -0.140. The molecule has 0 unspecified atom stereocenters. The highest BCUT2D eigenvalue weighted by atomic mass is 16.5. The molecule has 0 aliphatic heterocycles. The van der Waals surface area contributed by atoms with Gasteiger partial charge in [0.05, 0.1) is 7.11 Å². The van der Waals surface area contributed by atoms with Gasteiger partial charge in [-0.25, -0.2) is 4.79 Å². The van der Waals surface area contributed by atoms with Gasteiger partial charge in [-0.05, 0) is 39.3 Å². The predicted molar refractivity (Wildman–Crippen MR) is 101 cm³/mol. The Hall–Kier alpha value is -3.16. The van der Waals surface area contributed by atoms with Gasteiger partial charge in [0.2, 0.25) is 5.78 Å². The van der Waals surface area contributed by atoms with Gasteiger partial charge in [-0.3, -0.25) is 14.4 Å². The summed E-state index contributed by atoms with van der Waals surface area (Å²) in [5, 5.41) is 0. The zero-order valence-electron chi connectivity index (χ0n) is 16.5. The zero-order valence-corrected chi connectivity index (χ0v) is 16.5. The van der Waals surface area contributed by atoms with E-state index in [0.717, 1.165) is 11.4 Å². The SMILES string of the molecule is COC(=O)CCCn1c(C)cc(C(=O)COC(=O)c2cc(C(C)=O)c[nH]2)c1C. The number of ether oxygens (including phenoxy) is 2. The number of hydrogen-bond donors (Lipinski definition) is 1. The third-order valence-corrected chi connectivity index (χ3v) is 4.51. The number of nitrogens with zero attached hydrogens (tertiary/aromatic N) is 1. The Kier molecular flexibility index (Phi) is 6.92. The molecule has 150 valence electrons. The van der Waals surface area contributed by atoms with Crippen molar-refractivity contribution in [3.8, 4) is 0 Å². The molecule has 0 atom stereocenters. The van der Waals surface area contributed by atoms with E-state index in [1.165, 1.54) is 26.3 Å². The van der Waals surface area contributed by atoms with Gasteiger partial charge in [-0.15, -0.1) is 0 Å². The summed E-state index contributed by atoms with van der Waals surface area (Å²) in [5.74, 6) is -1.47. The maximum absolute atomic E-state index is 12.5. The number of methoxy groups -OCH3 is 1. The first-order chi connectivity index (χ1) is 13.2. The van der Waals surface area contributed by atoms with Crippen LogP contribution in [0.1, 0.15) is 62.4 Å². The minimum absolute atomic E-state index is 0.117. The van der Waals surface area contributed by atoms with Crippen LogP contribution >= 0.6 is 0 Å². The summed E-state index contributed by atoms with van der Waals surface area (Å²) in [6, 6.07) is 3.13. The molecule has 0 bridgehead atoms. The average Bonchev–Trinajstić information content (AvgIpc) is 3.26. The molecule has 2 heterocycles. The van der Waals surface area contributed by atoms with Crippen molar-refractivity contribution in [1.82, 2.24) is 9.55 Å². The standard InChI is InChI=1S/C20H24N2O6/c1-12-8-16(13(2)22(12)7-5-6-19(25)27-4)18(24)11-28-20(26)17-9-15(10-21-17)14(3)23/h8-10,21H,5-7,11H2,1-4H3. The van der Waals surface area contributed by atoms with Crippen LogP contribution in [0.15, 0.2) is 18.3 Å². The van der Waals surface area contributed by atoms with E-state index in [2.05, 4.69) is 9.72 Å². The van der Waals surface area contributed by atoms with Crippen molar-refractivity contribution in [3.63, 3.8) is 0 Å². The van der Waals surface area contributed by atoms with Gasteiger partial charge < -0.3 is 19.0 Å². The second kappa shape index (κ2) is 9.16. The maximum Gasteiger partial charge on any atom is 0.355 e. The van der Waals surface area contributed by atoms with Crippen LogP contribution < -0.4 is 0 Å². The summed E-state index contributed by atoms with van der Waals surface area (Å²) in [6.45, 7) is 5.25. The molecule has 2 aromatic heterocycles. The fourth-order valence-corrected chi connectivity index (χ4v) is 2.91. The number of carbonyl (C=O) groups excluding carboxylic acids is 4. The smallest absolute Gasteiger partial charge is 0.355 e. The molecule has 0 saturated carbocycles. The molecule has 0 aliphatic rings. The molecule has 0 aromatic carbocycles. The molecule has 8 heteroatoms. The van der Waals surface area contributed by atoms with E-state index in [-0.39, 0.29) is 23.2 Å². The highest BCUT2D eigenvalue weighted by molar-refractivity contribution is 6.01. The Bertz CT molecular complexity index is 906. The first-order valence-corrected chi connectivity index (χ1v) is 8.87. The summed E-state index contributed by atoms with van der Waals surface area (Å²) in [7, 11) is 1.35. The number of H-pyrrole nitrogens is 1. The summed E-state index contributed by atoms with van der Waals surface area (Å²) in [5.41, 5.74) is 2.59. The van der Waals surface area contributed by atoms with Crippen molar-refractivity contribution >= 4 is 23.5 Å². The largest absolute Gasteiger partial charge is 0.469 e. The Morgan fingerprint density at radius 2 is 1.86 bits per heavy atom. The summed E-state index contributed by atoms with van der Waals surface area (Å²) in [4.78, 5) is 49.7. The Morgan fingerprint density at radius 1 is 1.14 bits per heavy atom. The molecule has 2 rings (SSSR count). The van der Waals surface area contributed by atoms with E-state index in [4.69, 9.17) is 4.74 Å². The van der Waals surface area contributed by atoms with Gasteiger partial charge in [0.15, 0.2) is 12.4 Å². The van der Waals surface area contributed by atoms with Crippen LogP contribution in [0.2, 0.25) is 0 Å². The molecule has 0 spiro atoms. The van der Waals surface area contributed by atoms with Crippen LogP contribution in [0.25, 0.3) is 0 Å². The lowest BCUT2D eigenvalue weighted by atomic mass is 10.1. The Balaban J connectivity index is 1.98. The first kappa shape index (κ1) is 21.1. The predicted octanol–water partition coefficient (Wildman–Crippen LogP) is 2.63. The van der Waals surface area contributed by atoms with E-state index >= 15 is 0 Å². The second-order valence-electron chi connectivity index (χ2n) is 6.47. The first-order valence-electron chi connectivity index (χ1n) is 8.87. The molecule has 1 N–H and O–H groups in total. The monoisotopic (exact) mass is 388 g/mol. The molecule has 0 amide bonds. The fourth-order valence-electron chi connectivity index (χ4n) is 2.91. The van der Waals surface area contributed by atoms with Crippen molar-refractivity contribution < 1.29 is 28.7 Å². The lowest BCUT2D eigenvalue weighted by Gasteiger charge is -2.09. The lowest BCUT2D eigenvalue weighted by Crippen LogP contribution is -2.15. The molecular weight excluding hydrogens is 364 g/mol. The van der Waals surface area contributed by atoms with Gasteiger partial charge in [-0.2, -0.15) is 0 Å². The van der Waals surface area contributed by atoms with Gasteiger partial charge in [0.25, 0.3) is 0 Å². The van der Waals surface area contributed by atoms with Crippen molar-refractivity contribution in [1.29, 1.82) is 0 Å². The van der Waals surface area contributed by atoms with Crippen molar-refractivity contribution in [2.45, 2.75) is 40.2 Å². The second-order valence-corrected chi connectivity index (χ2v) is 6.47. The minimum atomic E-state index is -0.701. The van der Waals surface area contributed by atoms with Crippen molar-refractivity contribution in [2.75, 3.05) is 13.7 Å². The van der Waals surface area contributed by atoms with Crippen LogP contribution in [0.5, 0.6) is 0 Å². The molecule has 0 saturated heterocycles. The normalized spacial score (nSPS) is 10.6. The van der Waals surface area contributed by atoms with Crippen LogP contribution in [-0.4, -0.2) is 46.8 Å². The number of Topliss-reactive ketones (excluding diaryl/α,β-unsaturated/α-hetero) is 2. The van der Waals surface area contributed by atoms with Crippen molar-refractivity contribution in [2.24, 2.45) is 0 Å². The molecule has 0 fully saturated rings. The van der Waals surface area contributed by atoms with Gasteiger partial charge >= 0.3 is 11.9 Å². The van der Waals surface area contributed by atoms with E-state index < -0.39 is 12.6 Å². The topological polar surface area (TPSA) is 107 Å². The number of carbonyl (C=O) groups is 4. The summed E-state index contributed by atoms with van der Waals surface area (Å²) < 4.78 is 11.6. The van der Waals surface area contributed by atoms with Gasteiger partial charge in [0, 0.05) is 41.7 Å². The highest BCUT2D eigenvalue weighted by Crippen LogP contribution is 2.17. The number of aromatic amines is 1. The minimum Gasteiger partial charge on any atom is -0.469 e. The van der Waals surface area contributed by atoms with Gasteiger partial charge in [0.1, 0.15) is 5.69 Å². The Labute approximate surface area is 162 Å². The maximum atomic E-state index is 12.5.